The molecule has 0 fully saturated rings. The molecular formula is C22H27N3O2S. The van der Waals surface area contributed by atoms with Crippen LogP contribution in [0.15, 0.2) is 40.3 Å². The second-order valence-electron chi connectivity index (χ2n) is 7.86. The first-order valence-electron chi connectivity index (χ1n) is 10.2. The maximum absolute atomic E-state index is 13.0. The molecular weight excluding hydrogens is 370 g/mol. The molecule has 2 atom stereocenters. The van der Waals surface area contributed by atoms with E-state index < -0.39 is 0 Å². The number of fused-ring (bicyclic) bond motifs is 2. The van der Waals surface area contributed by atoms with E-state index in [2.05, 4.69) is 17.4 Å². The summed E-state index contributed by atoms with van der Waals surface area (Å²) in [6.45, 7) is 2.04. The van der Waals surface area contributed by atoms with Crippen molar-refractivity contribution in [3.05, 3.63) is 57.5 Å². The lowest BCUT2D eigenvalue weighted by atomic mass is 9.97. The van der Waals surface area contributed by atoms with Crippen molar-refractivity contribution >= 4 is 17.7 Å². The van der Waals surface area contributed by atoms with Gasteiger partial charge in [-0.05, 0) is 51.0 Å². The lowest BCUT2D eigenvalue weighted by Gasteiger charge is -2.20. The molecule has 1 aromatic heterocycles. The van der Waals surface area contributed by atoms with Gasteiger partial charge in [0.2, 0.25) is 5.91 Å². The molecule has 0 radical (unpaired) electrons. The molecule has 0 bridgehead atoms. The van der Waals surface area contributed by atoms with Crippen LogP contribution in [0.4, 0.5) is 0 Å². The molecule has 6 heteroatoms. The third kappa shape index (κ3) is 4.17. The summed E-state index contributed by atoms with van der Waals surface area (Å²) in [6.07, 6.45) is 6.09. The van der Waals surface area contributed by atoms with Crippen molar-refractivity contribution in [2.75, 3.05) is 5.75 Å². The molecule has 28 heavy (non-hydrogen) atoms. The van der Waals surface area contributed by atoms with Crippen molar-refractivity contribution in [2.45, 2.75) is 69.1 Å². The monoisotopic (exact) mass is 397 g/mol. The van der Waals surface area contributed by atoms with Gasteiger partial charge in [-0.1, -0.05) is 42.1 Å². The molecule has 1 aromatic carbocycles. The van der Waals surface area contributed by atoms with Crippen LogP contribution in [0.25, 0.3) is 0 Å². The number of aromatic nitrogens is 2. The van der Waals surface area contributed by atoms with Crippen molar-refractivity contribution in [3.8, 4) is 0 Å². The van der Waals surface area contributed by atoms with E-state index in [0.29, 0.717) is 6.42 Å². The van der Waals surface area contributed by atoms with Crippen LogP contribution in [-0.4, -0.2) is 27.3 Å². The van der Waals surface area contributed by atoms with Gasteiger partial charge in [-0.15, -0.1) is 0 Å². The number of hydrogen-bond donors (Lipinski definition) is 1. The van der Waals surface area contributed by atoms with Gasteiger partial charge in [-0.3, -0.25) is 14.2 Å². The maximum Gasteiger partial charge on any atom is 0.257 e. The third-order valence-electron chi connectivity index (χ3n) is 5.66. The van der Waals surface area contributed by atoms with E-state index in [1.165, 1.54) is 5.56 Å². The number of rotatable bonds is 6. The fraction of sp³-hybridized carbons (Fsp3) is 0.500. The number of carbonyl (C=O) groups is 1. The summed E-state index contributed by atoms with van der Waals surface area (Å²) in [6, 6.07) is 10.3. The second kappa shape index (κ2) is 8.52. The van der Waals surface area contributed by atoms with Crippen molar-refractivity contribution in [3.63, 3.8) is 0 Å². The molecule has 1 aliphatic carbocycles. The highest BCUT2D eigenvalue weighted by Crippen LogP contribution is 2.33. The highest BCUT2D eigenvalue weighted by molar-refractivity contribution is 7.99. The number of nitrogens with zero attached hydrogens (tertiary/aromatic N) is 2. The van der Waals surface area contributed by atoms with Gasteiger partial charge in [0.15, 0.2) is 5.16 Å². The Morgan fingerprint density at radius 1 is 1.29 bits per heavy atom. The van der Waals surface area contributed by atoms with Crippen LogP contribution in [0, 0.1) is 0 Å². The van der Waals surface area contributed by atoms with Gasteiger partial charge in [0.25, 0.3) is 5.56 Å². The molecule has 0 spiro atoms. The van der Waals surface area contributed by atoms with Crippen LogP contribution in [0.3, 0.4) is 0 Å². The van der Waals surface area contributed by atoms with Crippen LogP contribution in [0.5, 0.6) is 0 Å². The molecule has 1 amide bonds. The molecule has 0 saturated heterocycles. The van der Waals surface area contributed by atoms with Crippen LogP contribution < -0.4 is 10.9 Å². The van der Waals surface area contributed by atoms with Crippen LogP contribution in [0.1, 0.15) is 55.5 Å². The first-order chi connectivity index (χ1) is 13.6. The fourth-order valence-corrected chi connectivity index (χ4v) is 5.27. The van der Waals surface area contributed by atoms with Gasteiger partial charge in [0.1, 0.15) is 0 Å². The second-order valence-corrected chi connectivity index (χ2v) is 8.85. The molecule has 4 rings (SSSR count). The summed E-state index contributed by atoms with van der Waals surface area (Å²) in [7, 11) is 0. The zero-order valence-electron chi connectivity index (χ0n) is 16.3. The molecule has 2 aromatic rings. The van der Waals surface area contributed by atoms with Gasteiger partial charge >= 0.3 is 0 Å². The SMILES string of the molecule is CC(CCc1ccccc1)NC(=O)CC1CSc2nc3c(c(=O)n21)CCCC3. The van der Waals surface area contributed by atoms with E-state index in [1.807, 2.05) is 25.1 Å². The number of amides is 1. The van der Waals surface area contributed by atoms with Crippen molar-refractivity contribution in [1.29, 1.82) is 0 Å². The van der Waals surface area contributed by atoms with Crippen LogP contribution in [-0.2, 0) is 24.1 Å². The highest BCUT2D eigenvalue weighted by Gasteiger charge is 2.30. The predicted octanol–water partition coefficient (Wildman–Crippen LogP) is 3.30. The van der Waals surface area contributed by atoms with Crippen molar-refractivity contribution < 1.29 is 4.79 Å². The van der Waals surface area contributed by atoms with E-state index in [4.69, 9.17) is 4.98 Å². The number of benzene rings is 1. The van der Waals surface area contributed by atoms with E-state index >= 15 is 0 Å². The number of thioether (sulfide) groups is 1. The number of nitrogens with one attached hydrogen (secondary N) is 1. The lowest BCUT2D eigenvalue weighted by molar-refractivity contribution is -0.122. The minimum atomic E-state index is -0.0893. The van der Waals surface area contributed by atoms with Crippen LogP contribution >= 0.6 is 11.8 Å². The van der Waals surface area contributed by atoms with Gasteiger partial charge in [-0.2, -0.15) is 0 Å². The Morgan fingerprint density at radius 2 is 2.07 bits per heavy atom. The van der Waals surface area contributed by atoms with Gasteiger partial charge in [0, 0.05) is 23.8 Å². The largest absolute Gasteiger partial charge is 0.354 e. The molecule has 2 unspecified atom stereocenters. The molecule has 2 aliphatic rings. The average molecular weight is 398 g/mol. The van der Waals surface area contributed by atoms with E-state index in [1.54, 1.807) is 16.3 Å². The Morgan fingerprint density at radius 3 is 2.89 bits per heavy atom. The first kappa shape index (κ1) is 19.2. The van der Waals surface area contributed by atoms with E-state index in [0.717, 1.165) is 60.7 Å². The minimum Gasteiger partial charge on any atom is -0.354 e. The summed E-state index contributed by atoms with van der Waals surface area (Å²) >= 11 is 1.60. The zero-order chi connectivity index (χ0) is 19.5. The summed E-state index contributed by atoms with van der Waals surface area (Å²) in [4.78, 5) is 30.3. The Kier molecular flexibility index (Phi) is 5.85. The first-order valence-corrected chi connectivity index (χ1v) is 11.2. The zero-order valence-corrected chi connectivity index (χ0v) is 17.1. The van der Waals surface area contributed by atoms with E-state index in [9.17, 15) is 9.59 Å². The lowest BCUT2D eigenvalue weighted by Crippen LogP contribution is -2.36. The Bertz CT molecular complexity index is 910. The summed E-state index contributed by atoms with van der Waals surface area (Å²) < 4.78 is 1.78. The summed E-state index contributed by atoms with van der Waals surface area (Å²) in [5.74, 6) is 0.764. The Balaban J connectivity index is 1.37. The topological polar surface area (TPSA) is 64.0 Å². The summed E-state index contributed by atoms with van der Waals surface area (Å²) in [5.41, 5.74) is 3.22. The minimum absolute atomic E-state index is 0.0173. The quantitative estimate of drug-likeness (QED) is 0.760. The number of hydrogen-bond acceptors (Lipinski definition) is 4. The van der Waals surface area contributed by atoms with Crippen molar-refractivity contribution in [1.82, 2.24) is 14.9 Å². The normalized spacial score (nSPS) is 19.0. The average Bonchev–Trinajstić information content (AvgIpc) is 3.10. The Labute approximate surface area is 170 Å². The molecule has 2 heterocycles. The van der Waals surface area contributed by atoms with Crippen molar-refractivity contribution in [2.24, 2.45) is 0 Å². The number of aryl methyl sites for hydroxylation is 2. The molecule has 5 nitrogen and oxygen atoms in total. The molecule has 0 saturated carbocycles. The maximum atomic E-state index is 13.0. The fourth-order valence-electron chi connectivity index (χ4n) is 4.11. The smallest absolute Gasteiger partial charge is 0.257 e. The third-order valence-corrected chi connectivity index (χ3v) is 6.76. The Hall–Kier alpha value is -2.08. The highest BCUT2D eigenvalue weighted by atomic mass is 32.2. The standard InChI is InChI=1S/C22H27N3O2S/c1-15(11-12-16-7-3-2-4-8-16)23-20(26)13-17-14-28-22-24-19-10-6-5-9-18(19)21(27)25(17)22/h2-4,7-8,15,17H,5-6,9-14H2,1H3,(H,23,26). The van der Waals surface area contributed by atoms with Gasteiger partial charge in [-0.25, -0.2) is 4.98 Å². The molecule has 1 N–H and O–H groups in total. The van der Waals surface area contributed by atoms with Gasteiger partial charge < -0.3 is 5.32 Å². The van der Waals surface area contributed by atoms with E-state index in [-0.39, 0.29) is 23.6 Å². The van der Waals surface area contributed by atoms with Crippen LogP contribution in [0.2, 0.25) is 0 Å². The summed E-state index contributed by atoms with van der Waals surface area (Å²) in [5, 5.41) is 3.90. The predicted molar refractivity (Wildman–Crippen MR) is 112 cm³/mol. The molecule has 148 valence electrons. The number of carbonyl (C=O) groups excluding carboxylic acids is 1. The van der Waals surface area contributed by atoms with Gasteiger partial charge in [0.05, 0.1) is 11.7 Å². The molecule has 1 aliphatic heterocycles.